The van der Waals surface area contributed by atoms with Gasteiger partial charge in [0.1, 0.15) is 0 Å². The van der Waals surface area contributed by atoms with E-state index in [0.29, 0.717) is 23.5 Å². The van der Waals surface area contributed by atoms with E-state index in [0.717, 1.165) is 18.4 Å². The Balaban J connectivity index is 1.72. The Morgan fingerprint density at radius 3 is 2.70 bits per heavy atom. The lowest BCUT2D eigenvalue weighted by Crippen LogP contribution is -2.25. The maximum Gasteiger partial charge on any atom is 0.273 e. The minimum Gasteiger partial charge on any atom is -0.354 e. The highest BCUT2D eigenvalue weighted by Crippen LogP contribution is 2.35. The van der Waals surface area contributed by atoms with Gasteiger partial charge in [-0.05, 0) is 31.4 Å². The third kappa shape index (κ3) is 3.58. The van der Waals surface area contributed by atoms with Crippen LogP contribution in [0.5, 0.6) is 0 Å². The number of fused-ring (bicyclic) bond motifs is 1. The molecular weight excluding hydrogens is 384 g/mol. The topological polar surface area (TPSA) is 118 Å². The molecule has 1 atom stereocenters. The first-order valence-electron chi connectivity index (χ1n) is 10.1. The van der Waals surface area contributed by atoms with Gasteiger partial charge in [-0.1, -0.05) is 13.0 Å². The van der Waals surface area contributed by atoms with Gasteiger partial charge in [0.2, 0.25) is 5.91 Å². The van der Waals surface area contributed by atoms with Crippen LogP contribution in [0, 0.1) is 5.92 Å². The van der Waals surface area contributed by atoms with E-state index >= 15 is 0 Å². The summed E-state index contributed by atoms with van der Waals surface area (Å²) in [5, 5.41) is 16.4. The summed E-state index contributed by atoms with van der Waals surface area (Å²) >= 11 is 0. The van der Waals surface area contributed by atoms with Crippen molar-refractivity contribution in [1.82, 2.24) is 20.1 Å². The van der Waals surface area contributed by atoms with Crippen LogP contribution in [0.2, 0.25) is 0 Å². The van der Waals surface area contributed by atoms with E-state index in [4.69, 9.17) is 0 Å². The number of anilines is 2. The molecule has 0 saturated heterocycles. The minimum absolute atomic E-state index is 0.0135. The fourth-order valence-corrected chi connectivity index (χ4v) is 3.57. The molecule has 9 heteroatoms. The Morgan fingerprint density at radius 2 is 2.03 bits per heavy atom. The molecule has 1 fully saturated rings. The molecule has 2 aliphatic rings. The standard InChI is InChI=1S/C21H24N6O3/c1-4-27-8-7-13-11(2)9-14(17(13)21(27)30)23-15-10-16(24-19(28)12-5-6-12)25-26-18(15)20(29)22-3/h7-12H,4-6H2,1-3H3,(H,22,29)(H2,23,24,25,28). The normalized spacial score (nSPS) is 17.2. The number of allylic oxidation sites excluding steroid dienone is 1. The van der Waals surface area contributed by atoms with E-state index < -0.39 is 5.91 Å². The minimum atomic E-state index is -0.420. The Bertz CT molecular complexity index is 1120. The van der Waals surface area contributed by atoms with Crippen molar-refractivity contribution in [1.29, 1.82) is 0 Å². The third-order valence-corrected chi connectivity index (χ3v) is 5.42. The molecule has 2 aliphatic carbocycles. The van der Waals surface area contributed by atoms with Crippen molar-refractivity contribution in [3.63, 3.8) is 0 Å². The summed E-state index contributed by atoms with van der Waals surface area (Å²) in [5.41, 5.74) is 2.48. The number of carbonyl (C=O) groups is 2. The molecule has 9 nitrogen and oxygen atoms in total. The van der Waals surface area contributed by atoms with E-state index in [2.05, 4.69) is 26.1 Å². The quantitative estimate of drug-likeness (QED) is 0.672. The van der Waals surface area contributed by atoms with E-state index in [9.17, 15) is 14.4 Å². The maximum absolute atomic E-state index is 12.9. The Labute approximate surface area is 173 Å². The van der Waals surface area contributed by atoms with Crippen LogP contribution in [0.15, 0.2) is 29.2 Å². The molecule has 3 N–H and O–H groups in total. The largest absolute Gasteiger partial charge is 0.354 e. The van der Waals surface area contributed by atoms with E-state index in [-0.39, 0.29) is 34.8 Å². The number of hydrogen-bond donors (Lipinski definition) is 3. The first kappa shape index (κ1) is 19.8. The molecule has 0 spiro atoms. The fraction of sp³-hybridized carbons (Fsp3) is 0.381. The number of carbonyl (C=O) groups excluding carboxylic acids is 2. The zero-order valence-electron chi connectivity index (χ0n) is 17.2. The van der Waals surface area contributed by atoms with Crippen LogP contribution in [0.4, 0.5) is 11.5 Å². The summed E-state index contributed by atoms with van der Waals surface area (Å²) in [4.78, 5) is 37.3. The number of hydrogen-bond acceptors (Lipinski definition) is 6. The van der Waals surface area contributed by atoms with Gasteiger partial charge in [-0.15, -0.1) is 10.2 Å². The number of rotatable bonds is 6. The van der Waals surface area contributed by atoms with Gasteiger partial charge in [0.05, 0.1) is 11.3 Å². The smallest absolute Gasteiger partial charge is 0.273 e. The van der Waals surface area contributed by atoms with Crippen molar-refractivity contribution in [2.45, 2.75) is 39.2 Å². The average Bonchev–Trinajstić information content (AvgIpc) is 3.53. The van der Waals surface area contributed by atoms with Crippen LogP contribution < -0.4 is 21.5 Å². The molecule has 2 aromatic rings. The summed E-state index contributed by atoms with van der Waals surface area (Å²) < 4.78 is 1.64. The fourth-order valence-electron chi connectivity index (χ4n) is 3.57. The molecule has 0 aliphatic heterocycles. The van der Waals surface area contributed by atoms with Crippen LogP contribution in [0.1, 0.15) is 54.2 Å². The monoisotopic (exact) mass is 408 g/mol. The SMILES string of the molecule is CCn1ccc2c(c1=O)C(Nc1cc(NC(=O)C3CC3)nnc1C(=O)NC)=CC2C. The lowest BCUT2D eigenvalue weighted by Gasteiger charge is -2.14. The van der Waals surface area contributed by atoms with E-state index in [1.54, 1.807) is 16.8 Å². The summed E-state index contributed by atoms with van der Waals surface area (Å²) in [6.45, 7) is 4.48. The van der Waals surface area contributed by atoms with Crippen LogP contribution in [-0.2, 0) is 11.3 Å². The van der Waals surface area contributed by atoms with Crippen LogP contribution >= 0.6 is 0 Å². The van der Waals surface area contributed by atoms with Gasteiger partial charge in [0.15, 0.2) is 11.5 Å². The molecule has 2 amide bonds. The van der Waals surface area contributed by atoms with Crippen molar-refractivity contribution in [2.75, 3.05) is 17.7 Å². The van der Waals surface area contributed by atoms with Crippen molar-refractivity contribution in [3.05, 3.63) is 51.6 Å². The second-order valence-electron chi connectivity index (χ2n) is 7.57. The zero-order chi connectivity index (χ0) is 21.4. The molecule has 1 unspecified atom stereocenters. The lowest BCUT2D eigenvalue weighted by atomic mass is 10.0. The van der Waals surface area contributed by atoms with Gasteiger partial charge in [0.25, 0.3) is 11.5 Å². The molecular formula is C21H24N6O3. The summed E-state index contributed by atoms with van der Waals surface area (Å²) in [5.74, 6) is -0.203. The van der Waals surface area contributed by atoms with Gasteiger partial charge in [-0.25, -0.2) is 0 Å². The number of aryl methyl sites for hydroxylation is 1. The Hall–Kier alpha value is -3.49. The molecule has 0 radical (unpaired) electrons. The molecule has 0 aromatic carbocycles. The van der Waals surface area contributed by atoms with Crippen LogP contribution in [0.25, 0.3) is 5.70 Å². The van der Waals surface area contributed by atoms with Crippen LogP contribution in [0.3, 0.4) is 0 Å². The summed E-state index contributed by atoms with van der Waals surface area (Å²) in [7, 11) is 1.50. The number of pyridine rings is 1. The third-order valence-electron chi connectivity index (χ3n) is 5.42. The number of aromatic nitrogens is 3. The molecule has 1 saturated carbocycles. The zero-order valence-corrected chi connectivity index (χ0v) is 17.2. The maximum atomic E-state index is 12.9. The van der Waals surface area contributed by atoms with Crippen molar-refractivity contribution < 1.29 is 9.59 Å². The van der Waals surface area contributed by atoms with Gasteiger partial charge < -0.3 is 20.5 Å². The summed E-state index contributed by atoms with van der Waals surface area (Å²) in [6.07, 6.45) is 5.48. The highest BCUT2D eigenvalue weighted by Gasteiger charge is 2.30. The van der Waals surface area contributed by atoms with E-state index in [1.807, 2.05) is 26.0 Å². The second kappa shape index (κ2) is 7.74. The predicted molar refractivity (Wildman–Crippen MR) is 113 cm³/mol. The Kier molecular flexibility index (Phi) is 5.11. The first-order valence-corrected chi connectivity index (χ1v) is 10.1. The molecule has 0 bridgehead atoms. The number of amides is 2. The van der Waals surface area contributed by atoms with Gasteiger partial charge in [-0.3, -0.25) is 14.4 Å². The van der Waals surface area contributed by atoms with Gasteiger partial charge in [-0.2, -0.15) is 0 Å². The molecule has 4 rings (SSSR count). The van der Waals surface area contributed by atoms with Crippen molar-refractivity contribution in [3.8, 4) is 0 Å². The van der Waals surface area contributed by atoms with Crippen molar-refractivity contribution in [2.24, 2.45) is 5.92 Å². The molecule has 156 valence electrons. The van der Waals surface area contributed by atoms with E-state index in [1.165, 1.54) is 7.05 Å². The van der Waals surface area contributed by atoms with Gasteiger partial charge in [0, 0.05) is 43.4 Å². The van der Waals surface area contributed by atoms with Crippen LogP contribution in [-0.4, -0.2) is 33.6 Å². The predicted octanol–water partition coefficient (Wildman–Crippen LogP) is 1.94. The second-order valence-corrected chi connectivity index (χ2v) is 7.57. The first-order chi connectivity index (χ1) is 14.4. The van der Waals surface area contributed by atoms with Crippen molar-refractivity contribution >= 4 is 29.0 Å². The van der Waals surface area contributed by atoms with Gasteiger partial charge >= 0.3 is 0 Å². The average molecular weight is 408 g/mol. The highest BCUT2D eigenvalue weighted by atomic mass is 16.2. The molecule has 2 heterocycles. The highest BCUT2D eigenvalue weighted by molar-refractivity contribution is 6.00. The molecule has 2 aromatic heterocycles. The summed E-state index contributed by atoms with van der Waals surface area (Å²) in [6, 6.07) is 3.52. The molecule has 30 heavy (non-hydrogen) atoms. The lowest BCUT2D eigenvalue weighted by molar-refractivity contribution is -0.117. The number of nitrogens with zero attached hydrogens (tertiary/aromatic N) is 3. The number of nitrogens with one attached hydrogen (secondary N) is 3. The Morgan fingerprint density at radius 1 is 1.27 bits per heavy atom.